The molecule has 0 unspecified atom stereocenters. The van der Waals surface area contributed by atoms with Crippen LogP contribution in [-0.4, -0.2) is 33.8 Å². The van der Waals surface area contributed by atoms with Crippen LogP contribution in [0.3, 0.4) is 0 Å². The highest BCUT2D eigenvalue weighted by Crippen LogP contribution is 2.37. The lowest BCUT2D eigenvalue weighted by molar-refractivity contribution is -0.154. The van der Waals surface area contributed by atoms with E-state index in [0.29, 0.717) is 5.56 Å². The first-order valence-corrected chi connectivity index (χ1v) is 9.40. The number of carbonyl (C=O) groups excluding carboxylic acids is 1. The second kappa shape index (κ2) is 9.10. The molecule has 13 heteroatoms. The van der Waals surface area contributed by atoms with Crippen molar-refractivity contribution in [2.75, 3.05) is 6.61 Å². The second-order valence-corrected chi connectivity index (χ2v) is 7.05. The van der Waals surface area contributed by atoms with Crippen LogP contribution in [0, 0.1) is 0 Å². The first-order chi connectivity index (χ1) is 14.5. The lowest BCUT2D eigenvalue weighted by atomic mass is 9.84. The summed E-state index contributed by atoms with van der Waals surface area (Å²) in [5, 5.41) is 5.10. The van der Waals surface area contributed by atoms with E-state index in [1.807, 2.05) is 0 Å². The molecule has 1 N–H and O–H groups in total. The number of ether oxygens (including phenoxy) is 1. The van der Waals surface area contributed by atoms with Crippen LogP contribution in [0.1, 0.15) is 65.7 Å². The first-order valence-electron chi connectivity index (χ1n) is 9.40. The van der Waals surface area contributed by atoms with Crippen molar-refractivity contribution < 1.29 is 40.4 Å². The topological polar surface area (TPSA) is 90.1 Å². The Hall–Kier alpha value is -2.86. The molecule has 2 aromatic heterocycles. The maximum atomic E-state index is 12.6. The van der Waals surface area contributed by atoms with E-state index in [1.54, 1.807) is 0 Å². The van der Waals surface area contributed by atoms with Crippen LogP contribution < -0.4 is 10.1 Å². The van der Waals surface area contributed by atoms with Gasteiger partial charge in [-0.3, -0.25) is 4.79 Å². The Kier molecular flexibility index (Phi) is 6.70. The maximum Gasteiger partial charge on any atom is 0.455 e. The normalized spacial score (nSPS) is 15.7. The van der Waals surface area contributed by atoms with Gasteiger partial charge in [-0.05, 0) is 24.8 Å². The molecule has 31 heavy (non-hydrogen) atoms. The van der Waals surface area contributed by atoms with Crippen LogP contribution in [0.25, 0.3) is 0 Å². The Morgan fingerprint density at radius 3 is 2.48 bits per heavy atom. The number of amides is 1. The van der Waals surface area contributed by atoms with Crippen LogP contribution in [0.15, 0.2) is 16.8 Å². The van der Waals surface area contributed by atoms with Crippen LogP contribution in [-0.2, 0) is 12.7 Å². The monoisotopic (exact) mass is 452 g/mol. The zero-order valence-corrected chi connectivity index (χ0v) is 16.0. The molecule has 0 aromatic carbocycles. The van der Waals surface area contributed by atoms with Crippen molar-refractivity contribution in [1.29, 1.82) is 0 Å². The van der Waals surface area contributed by atoms with E-state index in [4.69, 9.17) is 4.74 Å². The van der Waals surface area contributed by atoms with E-state index in [-0.39, 0.29) is 17.4 Å². The summed E-state index contributed by atoms with van der Waals surface area (Å²) in [5.74, 6) is -2.93. The van der Waals surface area contributed by atoms with Gasteiger partial charge in [-0.25, -0.2) is 4.98 Å². The predicted octanol–water partition coefficient (Wildman–Crippen LogP) is 4.40. The molecule has 170 valence electrons. The minimum Gasteiger partial charge on any atom is -0.468 e. The molecule has 0 saturated heterocycles. The quantitative estimate of drug-likeness (QED) is 0.654. The summed E-state index contributed by atoms with van der Waals surface area (Å²) >= 11 is 0. The van der Waals surface area contributed by atoms with Gasteiger partial charge >= 0.3 is 12.4 Å². The molecular weight excluding hydrogens is 434 g/mol. The lowest BCUT2D eigenvalue weighted by Crippen LogP contribution is -2.24. The molecular formula is C18H18F6N4O3. The number of halogens is 6. The van der Waals surface area contributed by atoms with E-state index < -0.39 is 43.1 Å². The molecule has 0 atom stereocenters. The van der Waals surface area contributed by atoms with Gasteiger partial charge in [-0.1, -0.05) is 24.4 Å². The van der Waals surface area contributed by atoms with Crippen molar-refractivity contribution in [3.05, 3.63) is 35.1 Å². The Morgan fingerprint density at radius 1 is 1.16 bits per heavy atom. The molecule has 2 heterocycles. The second-order valence-electron chi connectivity index (χ2n) is 7.05. The Morgan fingerprint density at radius 2 is 1.87 bits per heavy atom. The van der Waals surface area contributed by atoms with Gasteiger partial charge in [0, 0.05) is 11.8 Å². The number of carbonyl (C=O) groups is 1. The third-order valence-corrected chi connectivity index (χ3v) is 4.68. The van der Waals surface area contributed by atoms with Crippen LogP contribution in [0.5, 0.6) is 5.88 Å². The Balaban J connectivity index is 1.73. The summed E-state index contributed by atoms with van der Waals surface area (Å²) in [6.07, 6.45) is -4.06. The lowest BCUT2D eigenvalue weighted by Gasteiger charge is -2.24. The van der Waals surface area contributed by atoms with E-state index >= 15 is 0 Å². The summed E-state index contributed by atoms with van der Waals surface area (Å²) in [6.45, 7) is -1.98. The predicted molar refractivity (Wildman–Crippen MR) is 92.1 cm³/mol. The summed E-state index contributed by atoms with van der Waals surface area (Å²) in [7, 11) is 0. The number of alkyl halides is 6. The molecule has 0 bridgehead atoms. The molecule has 3 rings (SSSR count). The minimum atomic E-state index is -4.78. The number of rotatable bonds is 6. The van der Waals surface area contributed by atoms with Crippen molar-refractivity contribution in [2.45, 2.75) is 56.9 Å². The van der Waals surface area contributed by atoms with Gasteiger partial charge in [0.15, 0.2) is 6.61 Å². The fourth-order valence-electron chi connectivity index (χ4n) is 3.27. The van der Waals surface area contributed by atoms with Crippen LogP contribution >= 0.6 is 0 Å². The van der Waals surface area contributed by atoms with E-state index in [9.17, 15) is 31.1 Å². The molecule has 1 saturated carbocycles. The van der Waals surface area contributed by atoms with Crippen molar-refractivity contribution in [3.63, 3.8) is 0 Å². The smallest absolute Gasteiger partial charge is 0.455 e. The van der Waals surface area contributed by atoms with Gasteiger partial charge in [0.2, 0.25) is 11.8 Å². The highest BCUT2D eigenvalue weighted by molar-refractivity contribution is 5.94. The minimum absolute atomic E-state index is 0.0236. The molecule has 1 aliphatic carbocycles. The Labute approximate surface area is 172 Å². The summed E-state index contributed by atoms with van der Waals surface area (Å²) in [6, 6.07) is 1.40. The fraction of sp³-hybridized carbons (Fsp3) is 0.556. The standard InChI is InChI=1S/C18H18F6N4O3/c19-17(20,21)9-30-15-12(10-4-2-1-3-5-10)6-11(7-26-15)14(29)25-8-13-27-16(28-31-13)18(22,23)24/h6-7,10H,1-5,8-9H2,(H,25,29). The summed E-state index contributed by atoms with van der Waals surface area (Å²) < 4.78 is 84.4. The van der Waals surface area contributed by atoms with Gasteiger partial charge in [0.05, 0.1) is 12.1 Å². The maximum absolute atomic E-state index is 12.6. The average molecular weight is 452 g/mol. The molecule has 0 radical (unpaired) electrons. The number of hydrogen-bond donors (Lipinski definition) is 1. The van der Waals surface area contributed by atoms with Crippen molar-refractivity contribution in [3.8, 4) is 5.88 Å². The highest BCUT2D eigenvalue weighted by atomic mass is 19.4. The van der Waals surface area contributed by atoms with Crippen LogP contribution in [0.2, 0.25) is 0 Å². The van der Waals surface area contributed by atoms with E-state index in [1.165, 1.54) is 6.07 Å². The largest absolute Gasteiger partial charge is 0.468 e. The fourth-order valence-corrected chi connectivity index (χ4v) is 3.27. The van der Waals surface area contributed by atoms with Gasteiger partial charge in [-0.2, -0.15) is 31.3 Å². The van der Waals surface area contributed by atoms with Crippen molar-refractivity contribution in [2.24, 2.45) is 0 Å². The highest BCUT2D eigenvalue weighted by Gasteiger charge is 2.37. The molecule has 0 aliphatic heterocycles. The van der Waals surface area contributed by atoms with Gasteiger partial charge in [0.25, 0.3) is 11.7 Å². The van der Waals surface area contributed by atoms with E-state index in [2.05, 4.69) is 25.0 Å². The molecule has 1 aliphatic rings. The molecule has 0 spiro atoms. The SMILES string of the molecule is O=C(NCc1nc(C(F)(F)F)no1)c1cnc(OCC(F)(F)F)c(C2CCCCC2)c1. The van der Waals surface area contributed by atoms with Crippen molar-refractivity contribution >= 4 is 5.91 Å². The first kappa shape index (κ1) is 22.8. The van der Waals surface area contributed by atoms with Gasteiger partial charge in [0.1, 0.15) is 0 Å². The van der Waals surface area contributed by atoms with E-state index in [0.717, 1.165) is 38.3 Å². The van der Waals surface area contributed by atoms with Gasteiger partial charge < -0.3 is 14.6 Å². The number of pyridine rings is 1. The zero-order valence-electron chi connectivity index (χ0n) is 16.0. The average Bonchev–Trinajstić information content (AvgIpc) is 3.20. The summed E-state index contributed by atoms with van der Waals surface area (Å²) in [5.41, 5.74) is 0.421. The van der Waals surface area contributed by atoms with Crippen molar-refractivity contribution in [1.82, 2.24) is 20.4 Å². The van der Waals surface area contributed by atoms with Gasteiger partial charge in [-0.15, -0.1) is 0 Å². The number of aromatic nitrogens is 3. The number of nitrogens with zero attached hydrogens (tertiary/aromatic N) is 3. The molecule has 2 aromatic rings. The zero-order chi connectivity index (χ0) is 22.6. The molecule has 1 fully saturated rings. The summed E-state index contributed by atoms with van der Waals surface area (Å²) in [4.78, 5) is 19.4. The third kappa shape index (κ3) is 6.31. The molecule has 7 nitrogen and oxygen atoms in total. The molecule has 1 amide bonds. The van der Waals surface area contributed by atoms with Crippen LogP contribution in [0.4, 0.5) is 26.3 Å². The number of nitrogens with one attached hydrogen (secondary N) is 1. The Bertz CT molecular complexity index is 906. The third-order valence-electron chi connectivity index (χ3n) is 4.68. The number of hydrogen-bond acceptors (Lipinski definition) is 6.